The molecule has 2 heterocycles. The van der Waals surface area contributed by atoms with Crippen LogP contribution in [0, 0.1) is 5.41 Å². The molecule has 1 amide bonds. The van der Waals surface area contributed by atoms with Crippen molar-refractivity contribution in [2.75, 3.05) is 13.1 Å². The van der Waals surface area contributed by atoms with E-state index in [0.29, 0.717) is 31.6 Å². The Balaban J connectivity index is 2.05. The summed E-state index contributed by atoms with van der Waals surface area (Å²) in [6, 6.07) is 1.67. The van der Waals surface area contributed by atoms with Gasteiger partial charge in [-0.15, -0.1) is 0 Å². The number of aryl methyl sites for hydroxylation is 1. The average molecular weight is 251 g/mol. The van der Waals surface area contributed by atoms with Gasteiger partial charge >= 0.3 is 5.97 Å². The van der Waals surface area contributed by atoms with Gasteiger partial charge in [0.05, 0.1) is 5.41 Å². The molecule has 0 saturated carbocycles. The maximum absolute atomic E-state index is 12.2. The lowest BCUT2D eigenvalue weighted by Gasteiger charge is -2.36. The zero-order valence-corrected chi connectivity index (χ0v) is 10.6. The van der Waals surface area contributed by atoms with E-state index in [0.717, 1.165) is 0 Å². The number of aliphatic carboxylic acids is 1. The molecule has 98 valence electrons. The lowest BCUT2D eigenvalue weighted by Crippen LogP contribution is -2.45. The molecule has 0 aromatic carbocycles. The van der Waals surface area contributed by atoms with Crippen LogP contribution in [0.2, 0.25) is 0 Å². The molecule has 0 atom stereocenters. The van der Waals surface area contributed by atoms with Crippen LogP contribution in [0.25, 0.3) is 0 Å². The van der Waals surface area contributed by atoms with Gasteiger partial charge in [0.2, 0.25) is 0 Å². The van der Waals surface area contributed by atoms with E-state index in [1.807, 2.05) is 0 Å². The number of carbonyl (C=O) groups excluding carboxylic acids is 1. The molecular formula is C12H17N3O3. The number of piperidine rings is 1. The summed E-state index contributed by atoms with van der Waals surface area (Å²) in [5, 5.41) is 13.1. The van der Waals surface area contributed by atoms with Crippen molar-refractivity contribution < 1.29 is 14.7 Å². The molecule has 1 aliphatic heterocycles. The van der Waals surface area contributed by atoms with Gasteiger partial charge in [0, 0.05) is 26.3 Å². The largest absolute Gasteiger partial charge is 0.481 e. The summed E-state index contributed by atoms with van der Waals surface area (Å²) in [7, 11) is 1.72. The fourth-order valence-corrected chi connectivity index (χ4v) is 2.16. The van der Waals surface area contributed by atoms with Gasteiger partial charge in [0.15, 0.2) is 0 Å². The monoisotopic (exact) mass is 251 g/mol. The van der Waals surface area contributed by atoms with Crippen molar-refractivity contribution in [3.8, 4) is 0 Å². The van der Waals surface area contributed by atoms with E-state index in [4.69, 9.17) is 5.11 Å². The Labute approximate surface area is 105 Å². The summed E-state index contributed by atoms with van der Waals surface area (Å²) in [6.07, 6.45) is 2.57. The van der Waals surface area contributed by atoms with Crippen LogP contribution in [0.15, 0.2) is 12.3 Å². The maximum Gasteiger partial charge on any atom is 0.309 e. The second-order valence-electron chi connectivity index (χ2n) is 5.00. The minimum absolute atomic E-state index is 0.0811. The first-order chi connectivity index (χ1) is 8.44. The number of rotatable bonds is 2. The van der Waals surface area contributed by atoms with E-state index in [9.17, 15) is 9.59 Å². The second-order valence-corrected chi connectivity index (χ2v) is 5.00. The van der Waals surface area contributed by atoms with E-state index in [1.54, 1.807) is 31.1 Å². The normalized spacial score (nSPS) is 18.7. The van der Waals surface area contributed by atoms with Gasteiger partial charge in [-0.2, -0.15) is 5.10 Å². The van der Waals surface area contributed by atoms with Crippen LogP contribution in [-0.2, 0) is 11.8 Å². The van der Waals surface area contributed by atoms with Crippen molar-refractivity contribution in [2.24, 2.45) is 12.5 Å². The van der Waals surface area contributed by atoms with E-state index in [1.165, 1.54) is 4.68 Å². The number of hydrogen-bond donors (Lipinski definition) is 1. The fraction of sp³-hybridized carbons (Fsp3) is 0.583. The molecule has 1 aliphatic rings. The molecule has 6 nitrogen and oxygen atoms in total. The molecule has 1 saturated heterocycles. The summed E-state index contributed by atoms with van der Waals surface area (Å²) < 4.78 is 1.54. The molecule has 2 rings (SSSR count). The molecule has 0 aliphatic carbocycles. The summed E-state index contributed by atoms with van der Waals surface area (Å²) in [5.74, 6) is -0.863. The average Bonchev–Trinajstić information content (AvgIpc) is 2.75. The minimum atomic E-state index is -0.782. The quantitative estimate of drug-likeness (QED) is 0.841. The molecule has 1 aromatic rings. The molecule has 0 unspecified atom stereocenters. The number of carboxylic acid groups (broad SMARTS) is 1. The van der Waals surface area contributed by atoms with Gasteiger partial charge in [-0.3, -0.25) is 14.3 Å². The van der Waals surface area contributed by atoms with Gasteiger partial charge in [-0.25, -0.2) is 0 Å². The van der Waals surface area contributed by atoms with Crippen molar-refractivity contribution in [3.05, 3.63) is 18.0 Å². The molecule has 1 aromatic heterocycles. The predicted molar refractivity (Wildman–Crippen MR) is 64.1 cm³/mol. The number of carboxylic acids is 1. The van der Waals surface area contributed by atoms with E-state index >= 15 is 0 Å². The Morgan fingerprint density at radius 1 is 1.39 bits per heavy atom. The van der Waals surface area contributed by atoms with Gasteiger partial charge in [0.25, 0.3) is 5.91 Å². The number of hydrogen-bond acceptors (Lipinski definition) is 3. The lowest BCUT2D eigenvalue weighted by atomic mass is 9.80. The van der Waals surface area contributed by atoms with Crippen LogP contribution in [0.3, 0.4) is 0 Å². The Morgan fingerprint density at radius 2 is 2.00 bits per heavy atom. The number of aromatic nitrogens is 2. The third-order valence-electron chi connectivity index (χ3n) is 3.71. The van der Waals surface area contributed by atoms with Crippen molar-refractivity contribution in [1.29, 1.82) is 0 Å². The summed E-state index contributed by atoms with van der Waals surface area (Å²) in [6.45, 7) is 2.70. The lowest BCUT2D eigenvalue weighted by molar-refractivity contribution is -0.150. The van der Waals surface area contributed by atoms with Crippen LogP contribution >= 0.6 is 0 Å². The third kappa shape index (κ3) is 2.10. The molecule has 18 heavy (non-hydrogen) atoms. The highest BCUT2D eigenvalue weighted by Crippen LogP contribution is 2.31. The van der Waals surface area contributed by atoms with Crippen molar-refractivity contribution in [2.45, 2.75) is 19.8 Å². The SMILES string of the molecule is Cn1nccc1C(=O)N1CCC(C)(C(=O)O)CC1. The first kappa shape index (κ1) is 12.6. The van der Waals surface area contributed by atoms with Crippen LogP contribution in [-0.4, -0.2) is 44.8 Å². The number of amides is 1. The zero-order valence-electron chi connectivity index (χ0n) is 10.6. The molecule has 6 heteroatoms. The highest BCUT2D eigenvalue weighted by atomic mass is 16.4. The number of likely N-dealkylation sites (tertiary alicyclic amines) is 1. The number of nitrogens with zero attached hydrogens (tertiary/aromatic N) is 3. The molecular weight excluding hydrogens is 234 g/mol. The van der Waals surface area contributed by atoms with Crippen LogP contribution in [0.4, 0.5) is 0 Å². The maximum atomic E-state index is 12.2. The Morgan fingerprint density at radius 3 is 2.44 bits per heavy atom. The number of carbonyl (C=O) groups is 2. The predicted octanol–water partition coefficient (Wildman–Crippen LogP) is 0.747. The highest BCUT2D eigenvalue weighted by Gasteiger charge is 2.38. The first-order valence-corrected chi connectivity index (χ1v) is 5.95. The first-order valence-electron chi connectivity index (χ1n) is 5.95. The Hall–Kier alpha value is -1.85. The fourth-order valence-electron chi connectivity index (χ4n) is 2.16. The van der Waals surface area contributed by atoms with Crippen molar-refractivity contribution >= 4 is 11.9 Å². The topological polar surface area (TPSA) is 75.4 Å². The van der Waals surface area contributed by atoms with E-state index in [2.05, 4.69) is 5.10 Å². The summed E-state index contributed by atoms with van der Waals surface area (Å²) >= 11 is 0. The second kappa shape index (κ2) is 4.44. The zero-order chi connectivity index (χ0) is 13.3. The van der Waals surface area contributed by atoms with Gasteiger partial charge < -0.3 is 10.0 Å². The van der Waals surface area contributed by atoms with Crippen LogP contribution in [0.1, 0.15) is 30.3 Å². The molecule has 0 spiro atoms. The van der Waals surface area contributed by atoms with E-state index < -0.39 is 11.4 Å². The molecule has 0 radical (unpaired) electrons. The highest BCUT2D eigenvalue weighted by molar-refractivity contribution is 5.92. The summed E-state index contributed by atoms with van der Waals surface area (Å²) in [5.41, 5.74) is -0.169. The molecule has 0 bridgehead atoms. The minimum Gasteiger partial charge on any atom is -0.481 e. The van der Waals surface area contributed by atoms with Gasteiger partial charge in [0.1, 0.15) is 5.69 Å². The van der Waals surface area contributed by atoms with Crippen LogP contribution < -0.4 is 0 Å². The smallest absolute Gasteiger partial charge is 0.309 e. The molecule has 1 N–H and O–H groups in total. The van der Waals surface area contributed by atoms with Gasteiger partial charge in [-0.1, -0.05) is 0 Å². The van der Waals surface area contributed by atoms with E-state index in [-0.39, 0.29) is 5.91 Å². The van der Waals surface area contributed by atoms with Gasteiger partial charge in [-0.05, 0) is 25.8 Å². The summed E-state index contributed by atoms with van der Waals surface area (Å²) in [4.78, 5) is 25.0. The van der Waals surface area contributed by atoms with Crippen molar-refractivity contribution in [3.63, 3.8) is 0 Å². The Kier molecular flexibility index (Phi) is 3.11. The van der Waals surface area contributed by atoms with Crippen LogP contribution in [0.5, 0.6) is 0 Å². The Bertz CT molecular complexity index is 473. The van der Waals surface area contributed by atoms with Crippen molar-refractivity contribution in [1.82, 2.24) is 14.7 Å². The molecule has 1 fully saturated rings. The standard InChI is InChI=1S/C12H17N3O3/c1-12(11(17)18)4-7-15(8-5-12)10(16)9-3-6-13-14(9)2/h3,6H,4-5,7-8H2,1-2H3,(H,17,18). The third-order valence-corrected chi connectivity index (χ3v) is 3.71.